The summed E-state index contributed by atoms with van der Waals surface area (Å²) in [6.07, 6.45) is 43.2. The number of phosphoric ester groups is 1. The third-order valence-electron chi connectivity index (χ3n) is 9.95. The zero-order chi connectivity index (χ0) is 43.7. The molecule has 0 spiro atoms. The van der Waals surface area contributed by atoms with Gasteiger partial charge >= 0.3 is 19.8 Å². The standard InChI is InChI=1S/C48H88NO9P/c1-6-8-10-12-14-15-16-17-18-19-20-21-22-23-24-25-27-31-36-40-48(52)58-46(44-57-59(53,54)56-42-41-49(3,4)5)43-55-47(51)39-35-32-28-30-34-38-45(50)37-33-29-26-13-11-9-7-2/h9,11,17-18,26,29,33,37,45-46,50H,6-8,10,12-16,19-25,27-28,30-32,34-36,38-44H2,1-5H3/p+1/b11-9+,18-17-,29-26+,37-33+/t45?,46-/m1/s1. The summed E-state index contributed by atoms with van der Waals surface area (Å²) >= 11 is 0. The van der Waals surface area contributed by atoms with Crippen LogP contribution in [0, 0.1) is 0 Å². The van der Waals surface area contributed by atoms with E-state index in [-0.39, 0.29) is 26.1 Å². The van der Waals surface area contributed by atoms with Crippen LogP contribution in [0.25, 0.3) is 0 Å². The van der Waals surface area contributed by atoms with Crippen LogP contribution in [-0.4, -0.2) is 86.1 Å². The van der Waals surface area contributed by atoms with Crippen molar-refractivity contribution in [3.63, 3.8) is 0 Å². The first-order chi connectivity index (χ1) is 28.4. The lowest BCUT2D eigenvalue weighted by Gasteiger charge is -2.24. The number of ether oxygens (including phenoxy) is 2. The molecule has 0 aromatic carbocycles. The molecule has 2 unspecified atom stereocenters. The molecule has 3 atom stereocenters. The summed E-state index contributed by atoms with van der Waals surface area (Å²) in [5.74, 6) is -0.877. The van der Waals surface area contributed by atoms with E-state index in [4.69, 9.17) is 18.5 Å². The highest BCUT2D eigenvalue weighted by Crippen LogP contribution is 2.43. The van der Waals surface area contributed by atoms with Crippen LogP contribution < -0.4 is 0 Å². The highest BCUT2D eigenvalue weighted by atomic mass is 31.2. The molecular formula is C48H89NO9P+. The van der Waals surface area contributed by atoms with E-state index in [1.807, 2.05) is 39.4 Å². The topological polar surface area (TPSA) is 129 Å². The van der Waals surface area contributed by atoms with E-state index in [0.717, 1.165) is 57.8 Å². The summed E-state index contributed by atoms with van der Waals surface area (Å²) in [4.78, 5) is 35.4. The fourth-order valence-electron chi connectivity index (χ4n) is 6.25. The third-order valence-corrected chi connectivity index (χ3v) is 10.9. The molecule has 0 heterocycles. The number of carbonyl (C=O) groups excluding carboxylic acids is 2. The first-order valence-corrected chi connectivity index (χ1v) is 25.0. The zero-order valence-electron chi connectivity index (χ0n) is 38.3. The van der Waals surface area contributed by atoms with Crippen LogP contribution in [0.4, 0.5) is 0 Å². The molecule has 2 N–H and O–H groups in total. The van der Waals surface area contributed by atoms with Gasteiger partial charge in [-0.3, -0.25) is 18.6 Å². The fraction of sp³-hybridized carbons (Fsp3) is 0.792. The van der Waals surface area contributed by atoms with Gasteiger partial charge in [-0.15, -0.1) is 0 Å². The second kappa shape index (κ2) is 40.0. The third kappa shape index (κ3) is 43.8. The molecule has 344 valence electrons. The molecule has 0 saturated heterocycles. The Morgan fingerprint density at radius 3 is 1.75 bits per heavy atom. The van der Waals surface area contributed by atoms with E-state index in [1.165, 1.54) is 83.5 Å². The minimum absolute atomic E-state index is 0.0143. The van der Waals surface area contributed by atoms with Gasteiger partial charge in [0.05, 0.1) is 33.9 Å². The SMILES string of the molecule is CC/C=C/C/C=C/C=C/C(O)CCCCCCCC(=O)OC[C@H](COP(=O)(O)OCC[N+](C)(C)C)OC(=O)CCCCCCCCCCC/C=C\CCCCCCCC. The van der Waals surface area contributed by atoms with Crippen molar-refractivity contribution in [3.8, 4) is 0 Å². The van der Waals surface area contributed by atoms with E-state index < -0.39 is 38.6 Å². The number of allylic oxidation sites excluding steroid dienone is 7. The highest BCUT2D eigenvalue weighted by molar-refractivity contribution is 7.47. The number of carbonyl (C=O) groups is 2. The number of rotatable bonds is 42. The molecule has 0 amide bonds. The number of hydrogen-bond donors (Lipinski definition) is 2. The molecule has 0 aliphatic carbocycles. The Morgan fingerprint density at radius 1 is 0.627 bits per heavy atom. The molecule has 0 aliphatic rings. The maximum atomic E-state index is 12.7. The summed E-state index contributed by atoms with van der Waals surface area (Å²) in [6, 6.07) is 0. The maximum absolute atomic E-state index is 12.7. The lowest BCUT2D eigenvalue weighted by atomic mass is 10.1. The van der Waals surface area contributed by atoms with Gasteiger partial charge in [0.15, 0.2) is 6.10 Å². The first kappa shape index (κ1) is 56.9. The average Bonchev–Trinajstić information content (AvgIpc) is 3.18. The number of unbranched alkanes of at least 4 members (excludes halogenated alkanes) is 19. The van der Waals surface area contributed by atoms with Gasteiger partial charge in [0, 0.05) is 12.8 Å². The van der Waals surface area contributed by atoms with E-state index in [2.05, 4.69) is 44.2 Å². The Bertz CT molecular complexity index is 1160. The minimum atomic E-state index is -4.40. The molecular weight excluding hydrogens is 765 g/mol. The van der Waals surface area contributed by atoms with Crippen molar-refractivity contribution >= 4 is 19.8 Å². The number of quaternary nitrogens is 1. The summed E-state index contributed by atoms with van der Waals surface area (Å²) in [5, 5.41) is 10.2. The van der Waals surface area contributed by atoms with Gasteiger partial charge in [-0.25, -0.2) is 4.57 Å². The molecule has 0 aromatic rings. The average molecular weight is 855 g/mol. The van der Waals surface area contributed by atoms with Crippen molar-refractivity contribution in [1.82, 2.24) is 0 Å². The van der Waals surface area contributed by atoms with Crippen molar-refractivity contribution in [2.75, 3.05) is 47.5 Å². The molecule has 0 bridgehead atoms. The summed E-state index contributed by atoms with van der Waals surface area (Å²) in [7, 11) is 1.42. The number of phosphoric acid groups is 1. The highest BCUT2D eigenvalue weighted by Gasteiger charge is 2.27. The molecule has 0 saturated carbocycles. The number of aliphatic hydroxyl groups is 1. The van der Waals surface area contributed by atoms with Crippen LogP contribution >= 0.6 is 7.82 Å². The van der Waals surface area contributed by atoms with Gasteiger partial charge in [-0.2, -0.15) is 0 Å². The van der Waals surface area contributed by atoms with E-state index >= 15 is 0 Å². The minimum Gasteiger partial charge on any atom is -0.462 e. The Balaban J connectivity index is 4.38. The van der Waals surface area contributed by atoms with Crippen molar-refractivity contribution in [2.45, 2.75) is 199 Å². The molecule has 11 heteroatoms. The summed E-state index contributed by atoms with van der Waals surface area (Å²) in [6.45, 7) is 4.18. The predicted molar refractivity (Wildman–Crippen MR) is 244 cm³/mol. The Hall–Kier alpha value is -2.07. The molecule has 59 heavy (non-hydrogen) atoms. The maximum Gasteiger partial charge on any atom is 0.472 e. The van der Waals surface area contributed by atoms with Gasteiger partial charge in [-0.1, -0.05) is 165 Å². The fourth-order valence-corrected chi connectivity index (χ4v) is 6.99. The molecule has 0 rings (SSSR count). The molecule has 10 nitrogen and oxygen atoms in total. The van der Waals surface area contributed by atoms with Crippen LogP contribution in [0.5, 0.6) is 0 Å². The lowest BCUT2D eigenvalue weighted by molar-refractivity contribution is -0.870. The monoisotopic (exact) mass is 855 g/mol. The second-order valence-corrected chi connectivity index (χ2v) is 18.4. The number of hydrogen-bond acceptors (Lipinski definition) is 8. The Kier molecular flexibility index (Phi) is 38.6. The van der Waals surface area contributed by atoms with Gasteiger partial charge in [0.2, 0.25) is 0 Å². The van der Waals surface area contributed by atoms with Gasteiger partial charge in [0.1, 0.15) is 19.8 Å². The van der Waals surface area contributed by atoms with Crippen molar-refractivity contribution < 1.29 is 47.2 Å². The van der Waals surface area contributed by atoms with Gasteiger partial charge in [0.25, 0.3) is 0 Å². The smallest absolute Gasteiger partial charge is 0.462 e. The zero-order valence-corrected chi connectivity index (χ0v) is 39.2. The Morgan fingerprint density at radius 2 is 1.17 bits per heavy atom. The summed E-state index contributed by atoms with van der Waals surface area (Å²) < 4.78 is 34.3. The van der Waals surface area contributed by atoms with Crippen LogP contribution in [0.15, 0.2) is 48.6 Å². The number of nitrogens with zero attached hydrogens (tertiary/aromatic N) is 1. The summed E-state index contributed by atoms with van der Waals surface area (Å²) in [5.41, 5.74) is 0. The van der Waals surface area contributed by atoms with Crippen molar-refractivity contribution in [1.29, 1.82) is 0 Å². The van der Waals surface area contributed by atoms with Crippen molar-refractivity contribution in [3.05, 3.63) is 48.6 Å². The molecule has 0 aromatic heterocycles. The lowest BCUT2D eigenvalue weighted by Crippen LogP contribution is -2.37. The van der Waals surface area contributed by atoms with E-state index in [0.29, 0.717) is 30.3 Å². The molecule has 0 aliphatic heterocycles. The van der Waals surface area contributed by atoms with Crippen LogP contribution in [0.1, 0.15) is 187 Å². The van der Waals surface area contributed by atoms with E-state index in [1.54, 1.807) is 0 Å². The number of esters is 2. The van der Waals surface area contributed by atoms with Crippen LogP contribution in [0.2, 0.25) is 0 Å². The van der Waals surface area contributed by atoms with Gasteiger partial charge in [-0.05, 0) is 57.8 Å². The van der Waals surface area contributed by atoms with Gasteiger partial charge < -0.3 is 24.0 Å². The first-order valence-electron chi connectivity index (χ1n) is 23.5. The van der Waals surface area contributed by atoms with Crippen LogP contribution in [0.3, 0.4) is 0 Å². The number of likely N-dealkylation sites (N-methyl/N-ethyl adjacent to an activating group) is 1. The second-order valence-electron chi connectivity index (χ2n) is 17.0. The Labute approximate surface area is 361 Å². The van der Waals surface area contributed by atoms with Crippen molar-refractivity contribution in [2.24, 2.45) is 0 Å². The molecule has 0 fully saturated rings. The van der Waals surface area contributed by atoms with Crippen LogP contribution in [-0.2, 0) is 32.7 Å². The normalized spacial score (nSPS) is 14.5. The number of aliphatic hydroxyl groups excluding tert-OH is 1. The predicted octanol–water partition coefficient (Wildman–Crippen LogP) is 12.4. The largest absolute Gasteiger partial charge is 0.472 e. The quantitative estimate of drug-likeness (QED) is 0.0154. The van der Waals surface area contributed by atoms with E-state index in [9.17, 15) is 24.2 Å². The molecule has 0 radical (unpaired) electrons.